The van der Waals surface area contributed by atoms with Crippen LogP contribution < -0.4 is 0 Å². The molecule has 1 aromatic rings. The molecule has 4 heterocycles. The molecular weight excluding hydrogens is 1180 g/mol. The molecule has 0 aromatic heterocycles. The average Bonchev–Trinajstić information content (AvgIpc) is 3.96. The van der Waals surface area contributed by atoms with E-state index in [1.807, 2.05) is 18.2 Å². The Bertz CT molecular complexity index is 852. The van der Waals surface area contributed by atoms with Crippen LogP contribution in [0.5, 0.6) is 0 Å². The van der Waals surface area contributed by atoms with Gasteiger partial charge in [-0.1, -0.05) is 100 Å². The van der Waals surface area contributed by atoms with E-state index >= 15 is 0 Å². The Morgan fingerprint density at radius 2 is 0.526 bits per heavy atom. The number of hydrogen-bond acceptors (Lipinski definition) is 0. The third kappa shape index (κ3) is 47.3. The van der Waals surface area contributed by atoms with E-state index in [0.29, 0.717) is 31.7 Å². The number of benzene rings is 1. The van der Waals surface area contributed by atoms with Gasteiger partial charge in [0.15, 0.2) is 0 Å². The normalized spacial score (nSPS) is 17.5. The second-order valence-electron chi connectivity index (χ2n) is 15.8. The zero-order valence-electron chi connectivity index (χ0n) is 35.0. The van der Waals surface area contributed by atoms with Gasteiger partial charge in [-0.05, 0) is 158 Å². The molecule has 0 unspecified atom stereocenters. The van der Waals surface area contributed by atoms with Crippen molar-refractivity contribution in [3.05, 3.63) is 35.9 Å². The summed E-state index contributed by atoms with van der Waals surface area (Å²) in [4.78, 5) is 0. The van der Waals surface area contributed by atoms with E-state index in [0.717, 1.165) is 0 Å². The minimum absolute atomic E-state index is 0. The maximum Gasteiger partial charge on any atom is 1.00 e. The maximum atomic E-state index is 9.75. The average molecular weight is 1260 g/mol. The van der Waals surface area contributed by atoms with Crippen LogP contribution in [0, 0.1) is 6.92 Å². The van der Waals surface area contributed by atoms with Gasteiger partial charge in [-0.25, -0.2) is 0 Å². The fraction of sp³-hybridized carbons (Fsp3) is 0.854. The molecule has 16 heteroatoms. The van der Waals surface area contributed by atoms with Crippen LogP contribution in [-0.4, -0.2) is 88.5 Å². The van der Waals surface area contributed by atoms with Gasteiger partial charge in [0.1, 0.15) is 0 Å². The largest absolute Gasteiger partial charge is 1.00 e. The Labute approximate surface area is 381 Å². The molecule has 344 valence electrons. The van der Waals surface area contributed by atoms with Crippen molar-refractivity contribution in [2.45, 2.75) is 148 Å². The molecule has 0 spiro atoms. The van der Waals surface area contributed by atoms with Crippen molar-refractivity contribution >= 4 is 46.2 Å². The summed E-state index contributed by atoms with van der Waals surface area (Å²) in [5.41, 5.74) is 1.32. The summed E-state index contributed by atoms with van der Waals surface area (Å²) in [5, 5.41) is 0. The van der Waals surface area contributed by atoms with E-state index in [1.165, 1.54) is 69.8 Å². The molecule has 0 amide bonds. The number of rotatable bonds is 20. The Kier molecular flexibility index (Phi) is 43.7. The summed E-state index contributed by atoms with van der Waals surface area (Å²) in [5.74, 6) is 0. The summed E-state index contributed by atoms with van der Waals surface area (Å²) in [6, 6.07) is 10.3. The van der Waals surface area contributed by atoms with Crippen molar-refractivity contribution in [1.82, 2.24) is 0 Å². The molecule has 0 N–H and O–H groups in total. The summed E-state index contributed by atoms with van der Waals surface area (Å²) in [6.45, 7) is 2.08. The van der Waals surface area contributed by atoms with E-state index in [2.05, 4.69) is 19.1 Å². The minimum Gasteiger partial charge on any atom is -0.418 e. The van der Waals surface area contributed by atoms with Gasteiger partial charge in [0.2, 0.25) is 0 Å². The van der Waals surface area contributed by atoms with E-state index < -0.39 is 14.5 Å². The van der Waals surface area contributed by atoms with Crippen molar-refractivity contribution < 1.29 is 79.3 Å². The molecule has 0 aliphatic carbocycles. The van der Waals surface area contributed by atoms with Gasteiger partial charge < -0.3 is 34.5 Å². The molecule has 0 atom stereocenters. The first-order valence-corrected chi connectivity index (χ1v) is 29.5. The fourth-order valence-electron chi connectivity index (χ4n) is 7.67. The van der Waals surface area contributed by atoms with Crippen molar-refractivity contribution in [2.24, 2.45) is 0 Å². The smallest absolute Gasteiger partial charge is 0.418 e. The van der Waals surface area contributed by atoms with Gasteiger partial charge in [0.05, 0.1) is 0 Å². The van der Waals surface area contributed by atoms with Crippen LogP contribution in [0.1, 0.15) is 147 Å². The summed E-state index contributed by atoms with van der Waals surface area (Å²) in [7, 11) is -9.91. The van der Waals surface area contributed by atoms with Gasteiger partial charge in [0.25, 0.3) is 0 Å². The van der Waals surface area contributed by atoms with E-state index in [9.17, 15) is 34.5 Å². The number of hydrogen-bond donors (Lipinski definition) is 0. The standard InChI is InChI=1S/2C17H34P2.C7H8.2Au.2BF4/c2*1(2-4-6-12-18-14-8-9-15-18)3-5-7-13-19-16-10-11-17-19;1-7-5-3-2-4-6-7;;;2*2-1(3,4)5/h2*1-17H2;2-6H,1H3;;;;/q;;;2*+1;2*-1. The molecular formula is C41H76Au2B2F8P4. The molecule has 0 radical (unpaired) electrons. The Hall–Kier alpha value is 1.99. The summed E-state index contributed by atoms with van der Waals surface area (Å²) < 4.78 is 78.0. The molecule has 0 saturated carbocycles. The van der Waals surface area contributed by atoms with Crippen molar-refractivity contribution in [2.75, 3.05) is 73.9 Å². The predicted molar refractivity (Wildman–Crippen MR) is 239 cm³/mol. The number of halogens is 8. The molecule has 4 aliphatic rings. The minimum atomic E-state index is -6.00. The van der Waals surface area contributed by atoms with Crippen molar-refractivity contribution in [1.29, 1.82) is 0 Å². The van der Waals surface area contributed by atoms with E-state index in [1.54, 1.807) is 151 Å². The first-order chi connectivity index (χ1) is 26.3. The fourth-order valence-corrected chi connectivity index (χ4v) is 18.4. The molecule has 4 aliphatic heterocycles. The molecule has 0 bridgehead atoms. The molecule has 4 fully saturated rings. The van der Waals surface area contributed by atoms with Crippen LogP contribution in [0.15, 0.2) is 30.3 Å². The SMILES string of the molecule is C(CCCCP1CCCC1)CCCCP1CCCC1.C(CCCCP1CCCC1)CCCCP1CCCC1.Cc1ccccc1.F[B-](F)(F)F.F[B-](F)(F)F.[Au+].[Au+]. The van der Waals surface area contributed by atoms with Crippen LogP contribution >= 0.6 is 31.7 Å². The Balaban J connectivity index is 0. The first kappa shape index (κ1) is 61.1. The van der Waals surface area contributed by atoms with E-state index in [4.69, 9.17) is 0 Å². The van der Waals surface area contributed by atoms with Crippen LogP contribution in [0.3, 0.4) is 0 Å². The summed E-state index contributed by atoms with van der Waals surface area (Å²) >= 11 is 0. The van der Waals surface area contributed by atoms with Gasteiger partial charge in [0, 0.05) is 0 Å². The van der Waals surface area contributed by atoms with E-state index in [-0.39, 0.29) is 44.8 Å². The van der Waals surface area contributed by atoms with Crippen molar-refractivity contribution in [3.63, 3.8) is 0 Å². The zero-order valence-corrected chi connectivity index (χ0v) is 42.9. The molecule has 57 heavy (non-hydrogen) atoms. The molecule has 5 rings (SSSR count). The third-order valence-corrected chi connectivity index (χ3v) is 22.0. The zero-order chi connectivity index (χ0) is 40.5. The van der Waals surface area contributed by atoms with Crippen LogP contribution in [0.4, 0.5) is 34.5 Å². The van der Waals surface area contributed by atoms with Crippen LogP contribution in [0.25, 0.3) is 0 Å². The Morgan fingerprint density at radius 1 is 0.351 bits per heavy atom. The number of aryl methyl sites for hydroxylation is 1. The second kappa shape index (κ2) is 40.7. The van der Waals surface area contributed by atoms with Crippen LogP contribution in [-0.2, 0) is 44.8 Å². The van der Waals surface area contributed by atoms with Crippen molar-refractivity contribution in [3.8, 4) is 0 Å². The Morgan fingerprint density at radius 3 is 0.684 bits per heavy atom. The first-order valence-electron chi connectivity index (χ1n) is 22.0. The van der Waals surface area contributed by atoms with Gasteiger partial charge >= 0.3 is 59.3 Å². The molecule has 4 saturated heterocycles. The third-order valence-electron chi connectivity index (χ3n) is 10.6. The topological polar surface area (TPSA) is 0 Å². The van der Waals surface area contributed by atoms with Gasteiger partial charge in [-0.2, -0.15) is 0 Å². The van der Waals surface area contributed by atoms with Crippen LogP contribution in [0.2, 0.25) is 0 Å². The molecule has 1 aromatic carbocycles. The number of unbranched alkanes of at least 4 members (excludes halogenated alkanes) is 12. The maximum absolute atomic E-state index is 9.75. The van der Waals surface area contributed by atoms with Gasteiger partial charge in [-0.15, -0.1) is 31.7 Å². The van der Waals surface area contributed by atoms with Gasteiger partial charge in [-0.3, -0.25) is 0 Å². The summed E-state index contributed by atoms with van der Waals surface area (Å²) in [6.07, 6.45) is 53.2. The quantitative estimate of drug-likeness (QED) is 0.0528. The second-order valence-corrected chi connectivity index (χ2v) is 26.5. The molecule has 0 nitrogen and oxygen atoms in total. The predicted octanol–water partition coefficient (Wildman–Crippen LogP) is 17.1. The monoisotopic (exact) mass is 1260 g/mol.